The highest BCUT2D eigenvalue weighted by Crippen LogP contribution is 2.32. The summed E-state index contributed by atoms with van der Waals surface area (Å²) < 4.78 is 14.1. The van der Waals surface area contributed by atoms with Gasteiger partial charge in [-0.15, -0.1) is 11.3 Å². The van der Waals surface area contributed by atoms with Gasteiger partial charge in [0, 0.05) is 9.58 Å². The fourth-order valence-electron chi connectivity index (χ4n) is 2.06. The van der Waals surface area contributed by atoms with Crippen molar-refractivity contribution in [3.63, 3.8) is 0 Å². The standard InChI is InChI=1S/C15H19FOS/c1-10(2)4-3-5-13(17)15-9-11-8-12(16)6-7-14(11)18-15/h6-10,13,17H,3-5H2,1-2H3. The molecule has 98 valence electrons. The predicted octanol–water partition coefficient (Wildman–Crippen LogP) is 4.90. The average molecular weight is 266 g/mol. The SMILES string of the molecule is CC(C)CCCC(O)c1cc2cc(F)ccc2s1. The van der Waals surface area contributed by atoms with Crippen molar-refractivity contribution < 1.29 is 9.50 Å². The number of aliphatic hydroxyl groups is 1. The molecule has 0 aliphatic heterocycles. The lowest BCUT2D eigenvalue weighted by Crippen LogP contribution is -1.96. The molecule has 1 aromatic carbocycles. The van der Waals surface area contributed by atoms with Crippen LogP contribution in [0.5, 0.6) is 0 Å². The third kappa shape index (κ3) is 3.30. The zero-order valence-electron chi connectivity index (χ0n) is 10.8. The summed E-state index contributed by atoms with van der Waals surface area (Å²) in [5.74, 6) is 0.454. The van der Waals surface area contributed by atoms with Gasteiger partial charge in [0.2, 0.25) is 0 Å². The highest BCUT2D eigenvalue weighted by atomic mass is 32.1. The van der Waals surface area contributed by atoms with E-state index in [1.165, 1.54) is 12.1 Å². The summed E-state index contributed by atoms with van der Waals surface area (Å²) in [5.41, 5.74) is 0. The predicted molar refractivity (Wildman–Crippen MR) is 75.4 cm³/mol. The maximum atomic E-state index is 13.1. The van der Waals surface area contributed by atoms with E-state index in [9.17, 15) is 9.50 Å². The van der Waals surface area contributed by atoms with Gasteiger partial charge in [-0.05, 0) is 42.0 Å². The Bertz CT molecular complexity index is 518. The number of fused-ring (bicyclic) bond motifs is 1. The van der Waals surface area contributed by atoms with Crippen LogP contribution in [0.25, 0.3) is 10.1 Å². The molecule has 3 heteroatoms. The number of rotatable bonds is 5. The van der Waals surface area contributed by atoms with Gasteiger partial charge in [-0.25, -0.2) is 4.39 Å². The molecule has 0 amide bonds. The lowest BCUT2D eigenvalue weighted by atomic mass is 10.0. The van der Waals surface area contributed by atoms with Gasteiger partial charge in [0.05, 0.1) is 6.10 Å². The molecule has 18 heavy (non-hydrogen) atoms. The molecular formula is C15H19FOS. The van der Waals surface area contributed by atoms with Crippen molar-refractivity contribution in [2.24, 2.45) is 5.92 Å². The molecule has 0 spiro atoms. The fraction of sp³-hybridized carbons (Fsp3) is 0.467. The smallest absolute Gasteiger partial charge is 0.123 e. The Morgan fingerprint density at radius 1 is 1.22 bits per heavy atom. The van der Waals surface area contributed by atoms with Crippen LogP contribution in [0.15, 0.2) is 24.3 Å². The van der Waals surface area contributed by atoms with Gasteiger partial charge < -0.3 is 5.11 Å². The van der Waals surface area contributed by atoms with Crippen molar-refractivity contribution in [3.8, 4) is 0 Å². The second-order valence-corrected chi connectivity index (χ2v) is 6.29. The molecule has 2 rings (SSSR count). The van der Waals surface area contributed by atoms with Crippen molar-refractivity contribution in [2.45, 2.75) is 39.2 Å². The summed E-state index contributed by atoms with van der Waals surface area (Å²) in [6.07, 6.45) is 2.54. The maximum Gasteiger partial charge on any atom is 0.123 e. The minimum atomic E-state index is -0.413. The number of benzene rings is 1. The minimum Gasteiger partial charge on any atom is -0.388 e. The first-order valence-electron chi connectivity index (χ1n) is 6.43. The van der Waals surface area contributed by atoms with Crippen LogP contribution in [0.3, 0.4) is 0 Å². The molecule has 1 atom stereocenters. The summed E-state index contributed by atoms with van der Waals surface area (Å²) in [4.78, 5) is 0.944. The van der Waals surface area contributed by atoms with E-state index >= 15 is 0 Å². The zero-order valence-corrected chi connectivity index (χ0v) is 11.6. The monoisotopic (exact) mass is 266 g/mol. The van der Waals surface area contributed by atoms with Crippen molar-refractivity contribution in [1.82, 2.24) is 0 Å². The van der Waals surface area contributed by atoms with Gasteiger partial charge in [0.25, 0.3) is 0 Å². The van der Waals surface area contributed by atoms with Gasteiger partial charge in [-0.1, -0.05) is 26.7 Å². The Labute approximate surface area is 111 Å². The number of halogens is 1. The number of aliphatic hydroxyl groups excluding tert-OH is 1. The number of thiophene rings is 1. The Hall–Kier alpha value is -0.930. The largest absolute Gasteiger partial charge is 0.388 e. The molecule has 1 unspecified atom stereocenters. The lowest BCUT2D eigenvalue weighted by Gasteiger charge is -2.09. The summed E-state index contributed by atoms with van der Waals surface area (Å²) >= 11 is 1.56. The van der Waals surface area contributed by atoms with Crippen molar-refractivity contribution >= 4 is 21.4 Å². The Balaban J connectivity index is 2.06. The van der Waals surface area contributed by atoms with Crippen LogP contribution in [0.1, 0.15) is 44.1 Å². The molecule has 0 radical (unpaired) electrons. The second kappa shape index (κ2) is 5.81. The third-order valence-corrected chi connectivity index (χ3v) is 4.30. The molecule has 1 N–H and O–H groups in total. The van der Waals surface area contributed by atoms with E-state index in [0.29, 0.717) is 5.92 Å². The topological polar surface area (TPSA) is 20.2 Å². The molecule has 1 heterocycles. The van der Waals surface area contributed by atoms with Crippen LogP contribution >= 0.6 is 11.3 Å². The molecular weight excluding hydrogens is 247 g/mol. The van der Waals surface area contributed by atoms with Gasteiger partial charge >= 0.3 is 0 Å². The first kappa shape index (κ1) is 13.5. The Morgan fingerprint density at radius 3 is 2.72 bits per heavy atom. The molecule has 0 fully saturated rings. The summed E-state index contributed by atoms with van der Waals surface area (Å²) in [6.45, 7) is 4.38. The van der Waals surface area contributed by atoms with Crippen molar-refractivity contribution in [1.29, 1.82) is 0 Å². The van der Waals surface area contributed by atoms with Crippen LogP contribution in [0.4, 0.5) is 4.39 Å². The van der Waals surface area contributed by atoms with Crippen molar-refractivity contribution in [2.75, 3.05) is 0 Å². The van der Waals surface area contributed by atoms with Gasteiger partial charge in [-0.2, -0.15) is 0 Å². The molecule has 0 bridgehead atoms. The van der Waals surface area contributed by atoms with Crippen LogP contribution < -0.4 is 0 Å². The van der Waals surface area contributed by atoms with E-state index in [1.54, 1.807) is 17.4 Å². The average Bonchev–Trinajstić information content (AvgIpc) is 2.71. The van der Waals surface area contributed by atoms with Gasteiger partial charge in [-0.3, -0.25) is 0 Å². The molecule has 1 aromatic heterocycles. The zero-order chi connectivity index (χ0) is 13.1. The lowest BCUT2D eigenvalue weighted by molar-refractivity contribution is 0.166. The van der Waals surface area contributed by atoms with E-state index in [0.717, 1.165) is 34.2 Å². The van der Waals surface area contributed by atoms with E-state index < -0.39 is 6.10 Å². The van der Waals surface area contributed by atoms with Gasteiger partial charge in [0.15, 0.2) is 0 Å². The van der Waals surface area contributed by atoms with Crippen LogP contribution in [-0.2, 0) is 0 Å². The van der Waals surface area contributed by atoms with E-state index in [1.807, 2.05) is 6.07 Å². The fourth-order valence-corrected chi connectivity index (χ4v) is 3.13. The summed E-state index contributed by atoms with van der Waals surface area (Å²) in [7, 11) is 0. The molecule has 0 saturated heterocycles. The number of hydrogen-bond acceptors (Lipinski definition) is 2. The van der Waals surface area contributed by atoms with Crippen LogP contribution in [0.2, 0.25) is 0 Å². The van der Waals surface area contributed by atoms with Crippen molar-refractivity contribution in [3.05, 3.63) is 35.0 Å². The van der Waals surface area contributed by atoms with Crippen LogP contribution in [0, 0.1) is 11.7 Å². The highest BCUT2D eigenvalue weighted by molar-refractivity contribution is 7.19. The number of hydrogen-bond donors (Lipinski definition) is 1. The highest BCUT2D eigenvalue weighted by Gasteiger charge is 2.12. The maximum absolute atomic E-state index is 13.1. The first-order chi connectivity index (χ1) is 8.56. The quantitative estimate of drug-likeness (QED) is 0.816. The third-order valence-electron chi connectivity index (χ3n) is 3.08. The Morgan fingerprint density at radius 2 is 2.00 bits per heavy atom. The summed E-state index contributed by atoms with van der Waals surface area (Å²) in [6, 6.07) is 6.67. The molecule has 0 saturated carbocycles. The molecule has 0 aliphatic rings. The second-order valence-electron chi connectivity index (χ2n) is 5.17. The van der Waals surface area contributed by atoms with E-state index in [4.69, 9.17) is 0 Å². The first-order valence-corrected chi connectivity index (χ1v) is 7.25. The summed E-state index contributed by atoms with van der Waals surface area (Å²) in [5, 5.41) is 11.0. The normalized spacial score (nSPS) is 13.4. The van der Waals surface area contributed by atoms with Gasteiger partial charge in [0.1, 0.15) is 5.82 Å². The molecule has 0 aliphatic carbocycles. The molecule has 1 nitrogen and oxygen atoms in total. The van der Waals surface area contributed by atoms with E-state index in [-0.39, 0.29) is 5.82 Å². The van der Waals surface area contributed by atoms with E-state index in [2.05, 4.69) is 13.8 Å². The minimum absolute atomic E-state index is 0.221. The Kier molecular flexibility index (Phi) is 4.36. The molecule has 2 aromatic rings. The van der Waals surface area contributed by atoms with Crippen LogP contribution in [-0.4, -0.2) is 5.11 Å².